The van der Waals surface area contributed by atoms with Gasteiger partial charge >= 0.3 is 0 Å². The minimum Gasteiger partial charge on any atom is -0.481 e. The molecule has 0 saturated carbocycles. The van der Waals surface area contributed by atoms with Crippen LogP contribution in [0.4, 0.5) is 5.82 Å². The average Bonchev–Trinajstić information content (AvgIpc) is 2.69. The van der Waals surface area contributed by atoms with Crippen molar-refractivity contribution in [3.05, 3.63) is 42.5 Å². The molecule has 0 aliphatic carbocycles. The Hall–Kier alpha value is -2.83. The fourth-order valence-corrected chi connectivity index (χ4v) is 2.87. The van der Waals surface area contributed by atoms with Gasteiger partial charge in [0.1, 0.15) is 5.75 Å². The summed E-state index contributed by atoms with van der Waals surface area (Å²) in [6, 6.07) is 13.1. The van der Waals surface area contributed by atoms with E-state index in [0.29, 0.717) is 44.4 Å². The van der Waals surface area contributed by atoms with Crippen LogP contribution >= 0.6 is 0 Å². The number of anilines is 1. The van der Waals surface area contributed by atoms with Crippen molar-refractivity contribution in [2.75, 3.05) is 37.7 Å². The van der Waals surface area contributed by atoms with Crippen molar-refractivity contribution in [1.82, 2.24) is 15.1 Å². The van der Waals surface area contributed by atoms with Crippen LogP contribution in [0.1, 0.15) is 13.8 Å². The zero-order chi connectivity index (χ0) is 18.4. The summed E-state index contributed by atoms with van der Waals surface area (Å²) in [4.78, 5) is 16.6. The minimum atomic E-state index is -0.505. The SMILES string of the molecule is CCOc1ccc(N2CCN(C(=O)C(C)Oc3ccccc3)CC2)nn1. The first-order chi connectivity index (χ1) is 12.7. The molecule has 3 rings (SSSR count). The third-order valence-electron chi connectivity index (χ3n) is 4.24. The van der Waals surface area contributed by atoms with E-state index in [4.69, 9.17) is 9.47 Å². The zero-order valence-electron chi connectivity index (χ0n) is 15.2. The highest BCUT2D eigenvalue weighted by atomic mass is 16.5. The number of rotatable bonds is 6. The molecule has 7 nitrogen and oxygen atoms in total. The smallest absolute Gasteiger partial charge is 0.263 e. The van der Waals surface area contributed by atoms with Gasteiger partial charge < -0.3 is 19.3 Å². The number of carbonyl (C=O) groups is 1. The van der Waals surface area contributed by atoms with E-state index in [0.717, 1.165) is 5.82 Å². The Balaban J connectivity index is 1.51. The fraction of sp³-hybridized carbons (Fsp3) is 0.421. The average molecular weight is 356 g/mol. The Morgan fingerprint density at radius 3 is 2.42 bits per heavy atom. The maximum atomic E-state index is 12.6. The van der Waals surface area contributed by atoms with E-state index in [-0.39, 0.29) is 5.91 Å². The van der Waals surface area contributed by atoms with E-state index < -0.39 is 6.10 Å². The normalized spacial score (nSPS) is 15.5. The molecule has 0 spiro atoms. The van der Waals surface area contributed by atoms with Gasteiger partial charge in [-0.25, -0.2) is 0 Å². The summed E-state index contributed by atoms with van der Waals surface area (Å²) in [7, 11) is 0. The van der Waals surface area contributed by atoms with Crippen molar-refractivity contribution in [1.29, 1.82) is 0 Å². The van der Waals surface area contributed by atoms with Gasteiger partial charge in [0, 0.05) is 32.2 Å². The largest absolute Gasteiger partial charge is 0.481 e. The third kappa shape index (κ3) is 4.41. The van der Waals surface area contributed by atoms with Crippen molar-refractivity contribution in [3.8, 4) is 11.6 Å². The lowest BCUT2D eigenvalue weighted by Crippen LogP contribution is -2.52. The van der Waals surface area contributed by atoms with Gasteiger partial charge in [0.25, 0.3) is 5.91 Å². The number of benzene rings is 1. The lowest BCUT2D eigenvalue weighted by atomic mass is 10.2. The summed E-state index contributed by atoms with van der Waals surface area (Å²) in [6.07, 6.45) is -0.505. The summed E-state index contributed by atoms with van der Waals surface area (Å²) in [5.41, 5.74) is 0. The van der Waals surface area contributed by atoms with Gasteiger partial charge in [0.2, 0.25) is 5.88 Å². The van der Waals surface area contributed by atoms with E-state index in [2.05, 4.69) is 15.1 Å². The second-order valence-corrected chi connectivity index (χ2v) is 6.05. The predicted molar refractivity (Wildman–Crippen MR) is 98.5 cm³/mol. The van der Waals surface area contributed by atoms with Gasteiger partial charge in [0.15, 0.2) is 11.9 Å². The maximum Gasteiger partial charge on any atom is 0.263 e. The van der Waals surface area contributed by atoms with Crippen molar-refractivity contribution >= 4 is 11.7 Å². The molecule has 1 saturated heterocycles. The monoisotopic (exact) mass is 356 g/mol. The van der Waals surface area contributed by atoms with Gasteiger partial charge in [-0.05, 0) is 32.0 Å². The van der Waals surface area contributed by atoms with Crippen molar-refractivity contribution in [3.63, 3.8) is 0 Å². The lowest BCUT2D eigenvalue weighted by Gasteiger charge is -2.36. The first kappa shape index (κ1) is 18.0. The second kappa shape index (κ2) is 8.51. The molecule has 7 heteroatoms. The zero-order valence-corrected chi connectivity index (χ0v) is 15.2. The van der Waals surface area contributed by atoms with Gasteiger partial charge in [0.05, 0.1) is 6.61 Å². The van der Waals surface area contributed by atoms with Gasteiger partial charge in [-0.15, -0.1) is 10.2 Å². The van der Waals surface area contributed by atoms with Crippen LogP contribution < -0.4 is 14.4 Å². The number of piperazine rings is 1. The molecule has 2 aromatic rings. The molecule has 1 atom stereocenters. The second-order valence-electron chi connectivity index (χ2n) is 6.05. The highest BCUT2D eigenvalue weighted by Crippen LogP contribution is 2.17. The molecule has 0 N–H and O–H groups in total. The first-order valence-corrected chi connectivity index (χ1v) is 8.89. The van der Waals surface area contributed by atoms with E-state index in [1.165, 1.54) is 0 Å². The van der Waals surface area contributed by atoms with Crippen molar-refractivity contribution < 1.29 is 14.3 Å². The quantitative estimate of drug-likeness (QED) is 0.789. The molecule has 26 heavy (non-hydrogen) atoms. The number of aromatic nitrogens is 2. The summed E-state index contributed by atoms with van der Waals surface area (Å²) in [5, 5.41) is 8.26. The first-order valence-electron chi connectivity index (χ1n) is 8.89. The number of hydrogen-bond donors (Lipinski definition) is 0. The summed E-state index contributed by atoms with van der Waals surface area (Å²) in [6.45, 7) is 6.97. The Labute approximate surface area is 153 Å². The summed E-state index contributed by atoms with van der Waals surface area (Å²) < 4.78 is 11.0. The number of ether oxygens (including phenoxy) is 2. The van der Waals surface area contributed by atoms with Crippen LogP contribution in [-0.2, 0) is 4.79 Å². The van der Waals surface area contributed by atoms with Gasteiger partial charge in [-0.2, -0.15) is 0 Å². The lowest BCUT2D eigenvalue weighted by molar-refractivity contribution is -0.138. The van der Waals surface area contributed by atoms with E-state index >= 15 is 0 Å². The Morgan fingerprint density at radius 1 is 1.08 bits per heavy atom. The molecule has 1 unspecified atom stereocenters. The van der Waals surface area contributed by atoms with Crippen LogP contribution in [0, 0.1) is 0 Å². The number of hydrogen-bond acceptors (Lipinski definition) is 6. The minimum absolute atomic E-state index is 0.00582. The molecular formula is C19H24N4O3. The topological polar surface area (TPSA) is 67.8 Å². The summed E-state index contributed by atoms with van der Waals surface area (Å²) >= 11 is 0. The molecule has 1 aromatic heterocycles. The summed E-state index contributed by atoms with van der Waals surface area (Å²) in [5.74, 6) is 2.04. The third-order valence-corrected chi connectivity index (χ3v) is 4.24. The molecule has 1 aliphatic heterocycles. The molecule has 1 aliphatic rings. The Morgan fingerprint density at radius 2 is 1.81 bits per heavy atom. The fourth-order valence-electron chi connectivity index (χ4n) is 2.87. The van der Waals surface area contributed by atoms with E-state index in [1.54, 1.807) is 6.92 Å². The van der Waals surface area contributed by atoms with Crippen LogP contribution in [0.15, 0.2) is 42.5 Å². The number of amides is 1. The molecule has 138 valence electrons. The molecule has 1 fully saturated rings. The van der Waals surface area contributed by atoms with Crippen molar-refractivity contribution in [2.45, 2.75) is 20.0 Å². The highest BCUT2D eigenvalue weighted by Gasteiger charge is 2.26. The molecule has 0 radical (unpaired) electrons. The predicted octanol–water partition coefficient (Wildman–Crippen LogP) is 1.99. The van der Waals surface area contributed by atoms with Gasteiger partial charge in [-0.3, -0.25) is 4.79 Å². The number of para-hydroxylation sites is 1. The Kier molecular flexibility index (Phi) is 5.88. The highest BCUT2D eigenvalue weighted by molar-refractivity contribution is 5.81. The molecular weight excluding hydrogens is 332 g/mol. The van der Waals surface area contributed by atoms with Crippen LogP contribution in [-0.4, -0.2) is 59.9 Å². The Bertz CT molecular complexity index is 700. The standard InChI is InChI=1S/C19H24N4O3/c1-3-25-18-10-9-17(20-21-18)22-11-13-23(14-12-22)19(24)15(2)26-16-7-5-4-6-8-16/h4-10,15H,3,11-14H2,1-2H3. The van der Waals surface area contributed by atoms with E-state index in [1.807, 2.05) is 54.3 Å². The van der Waals surface area contributed by atoms with E-state index in [9.17, 15) is 4.79 Å². The number of nitrogens with zero attached hydrogens (tertiary/aromatic N) is 4. The van der Waals surface area contributed by atoms with Crippen LogP contribution in [0.2, 0.25) is 0 Å². The van der Waals surface area contributed by atoms with Crippen molar-refractivity contribution in [2.24, 2.45) is 0 Å². The molecule has 0 bridgehead atoms. The van der Waals surface area contributed by atoms with Crippen LogP contribution in [0.3, 0.4) is 0 Å². The molecule has 2 heterocycles. The van der Waals surface area contributed by atoms with Gasteiger partial charge in [-0.1, -0.05) is 18.2 Å². The molecule has 1 aromatic carbocycles. The number of carbonyl (C=O) groups excluding carboxylic acids is 1. The van der Waals surface area contributed by atoms with Crippen LogP contribution in [0.5, 0.6) is 11.6 Å². The molecule has 1 amide bonds. The van der Waals surface area contributed by atoms with Crippen LogP contribution in [0.25, 0.3) is 0 Å². The maximum absolute atomic E-state index is 12.6.